The van der Waals surface area contributed by atoms with Crippen LogP contribution in [0, 0.1) is 0 Å². The van der Waals surface area contributed by atoms with Crippen molar-refractivity contribution in [3.05, 3.63) is 36.5 Å². The molecule has 9 nitrogen and oxygen atoms in total. The molecule has 0 aliphatic carbocycles. The van der Waals surface area contributed by atoms with Crippen LogP contribution in [0.1, 0.15) is 277 Å². The molecule has 1 saturated heterocycles. The summed E-state index contributed by atoms with van der Waals surface area (Å²) in [5, 5.41) is 54.7. The second kappa shape index (κ2) is 49.0. The maximum atomic E-state index is 13.1. The van der Waals surface area contributed by atoms with Crippen LogP contribution >= 0.6 is 0 Å². The third kappa shape index (κ3) is 38.1. The molecule has 1 heterocycles. The van der Waals surface area contributed by atoms with Gasteiger partial charge in [-0.15, -0.1) is 0 Å². The lowest BCUT2D eigenvalue weighted by Gasteiger charge is -2.40. The molecule has 400 valence electrons. The molecule has 0 saturated carbocycles. The third-order valence-electron chi connectivity index (χ3n) is 14.0. The summed E-state index contributed by atoms with van der Waals surface area (Å²) in [5.41, 5.74) is 0. The quantitative estimate of drug-likeness (QED) is 0.0261. The SMILES string of the molecule is CCCCCCC/C=C\C/C=C\C/C=C\CCCCCCCCCCC(=O)NC(COC1OC(CO)C(O)C(O)C1O)C(O)CCCCCCCCCCCCCCCCCCCCCCCC. The minimum absolute atomic E-state index is 0.140. The lowest BCUT2D eigenvalue weighted by Crippen LogP contribution is -2.60. The predicted molar refractivity (Wildman–Crippen MR) is 286 cm³/mol. The second-order valence-corrected chi connectivity index (χ2v) is 20.4. The number of aliphatic hydroxyl groups excluding tert-OH is 5. The smallest absolute Gasteiger partial charge is 0.220 e. The number of amides is 1. The van der Waals surface area contributed by atoms with Crippen LogP contribution in [0.5, 0.6) is 0 Å². The molecule has 0 bridgehead atoms. The Bertz CT molecular complexity index is 1160. The molecule has 1 rings (SSSR count). The molecule has 1 fully saturated rings. The molecular weight excluding hydrogens is 851 g/mol. The molecule has 0 spiro atoms. The zero-order valence-electron chi connectivity index (χ0n) is 44.4. The van der Waals surface area contributed by atoms with E-state index in [1.165, 1.54) is 193 Å². The second-order valence-electron chi connectivity index (χ2n) is 20.4. The molecule has 6 N–H and O–H groups in total. The Morgan fingerprint density at radius 3 is 1.28 bits per heavy atom. The molecule has 7 unspecified atom stereocenters. The minimum atomic E-state index is -1.56. The van der Waals surface area contributed by atoms with Gasteiger partial charge in [-0.05, 0) is 51.4 Å². The van der Waals surface area contributed by atoms with Crippen LogP contribution in [-0.2, 0) is 14.3 Å². The molecule has 0 aromatic carbocycles. The van der Waals surface area contributed by atoms with E-state index in [4.69, 9.17) is 9.47 Å². The number of unbranched alkanes of at least 4 members (excludes halogenated alkanes) is 34. The topological polar surface area (TPSA) is 149 Å². The number of nitrogens with one attached hydrogen (secondary N) is 1. The first-order valence-corrected chi connectivity index (χ1v) is 29.2. The van der Waals surface area contributed by atoms with Gasteiger partial charge in [0.25, 0.3) is 0 Å². The maximum Gasteiger partial charge on any atom is 0.220 e. The first-order valence-electron chi connectivity index (χ1n) is 29.2. The first-order chi connectivity index (χ1) is 33.3. The van der Waals surface area contributed by atoms with Gasteiger partial charge in [0.1, 0.15) is 24.4 Å². The van der Waals surface area contributed by atoms with Gasteiger partial charge in [-0.1, -0.05) is 256 Å². The highest BCUT2D eigenvalue weighted by atomic mass is 16.7. The number of carbonyl (C=O) groups excluding carboxylic acids is 1. The number of hydrogen-bond acceptors (Lipinski definition) is 8. The van der Waals surface area contributed by atoms with Crippen LogP contribution in [0.25, 0.3) is 0 Å². The number of aliphatic hydroxyl groups is 5. The van der Waals surface area contributed by atoms with Crippen LogP contribution in [0.4, 0.5) is 0 Å². The Kier molecular flexibility index (Phi) is 46.4. The highest BCUT2D eigenvalue weighted by Crippen LogP contribution is 2.23. The van der Waals surface area contributed by atoms with Crippen molar-refractivity contribution >= 4 is 5.91 Å². The van der Waals surface area contributed by atoms with Gasteiger partial charge < -0.3 is 40.3 Å². The van der Waals surface area contributed by atoms with Gasteiger partial charge in [0.15, 0.2) is 6.29 Å². The van der Waals surface area contributed by atoms with E-state index in [0.717, 1.165) is 57.8 Å². The van der Waals surface area contributed by atoms with E-state index in [0.29, 0.717) is 12.8 Å². The molecule has 1 amide bonds. The highest BCUT2D eigenvalue weighted by molar-refractivity contribution is 5.76. The molecule has 68 heavy (non-hydrogen) atoms. The summed E-state index contributed by atoms with van der Waals surface area (Å²) in [5.74, 6) is -0.149. The average Bonchev–Trinajstić information content (AvgIpc) is 3.34. The average molecular weight is 963 g/mol. The first kappa shape index (κ1) is 64.4. The van der Waals surface area contributed by atoms with E-state index < -0.39 is 49.5 Å². The third-order valence-corrected chi connectivity index (χ3v) is 14.0. The van der Waals surface area contributed by atoms with E-state index in [9.17, 15) is 30.3 Å². The Labute approximate surface area is 419 Å². The summed E-state index contributed by atoms with van der Waals surface area (Å²) in [6.45, 7) is 3.85. The minimum Gasteiger partial charge on any atom is -0.394 e. The van der Waals surface area contributed by atoms with E-state index >= 15 is 0 Å². The van der Waals surface area contributed by atoms with Gasteiger partial charge >= 0.3 is 0 Å². The zero-order valence-corrected chi connectivity index (χ0v) is 44.4. The Morgan fingerprint density at radius 2 is 0.868 bits per heavy atom. The fraction of sp³-hybridized carbons (Fsp3) is 0.881. The molecular formula is C59H111NO8. The molecule has 7 atom stereocenters. The van der Waals surface area contributed by atoms with Crippen molar-refractivity contribution in [3.8, 4) is 0 Å². The number of hydrogen-bond donors (Lipinski definition) is 6. The number of carbonyl (C=O) groups is 1. The van der Waals surface area contributed by atoms with Crippen LogP contribution < -0.4 is 5.32 Å². The van der Waals surface area contributed by atoms with Crippen LogP contribution in [-0.4, -0.2) is 87.5 Å². The maximum absolute atomic E-state index is 13.1. The Balaban J connectivity index is 2.22. The van der Waals surface area contributed by atoms with E-state index in [1.54, 1.807) is 0 Å². The van der Waals surface area contributed by atoms with Gasteiger partial charge in [0.05, 0.1) is 25.4 Å². The summed E-state index contributed by atoms with van der Waals surface area (Å²) < 4.78 is 11.3. The van der Waals surface area contributed by atoms with Crippen molar-refractivity contribution in [2.24, 2.45) is 0 Å². The van der Waals surface area contributed by atoms with Crippen molar-refractivity contribution in [1.82, 2.24) is 5.32 Å². The fourth-order valence-corrected chi connectivity index (χ4v) is 9.35. The van der Waals surface area contributed by atoms with Crippen molar-refractivity contribution < 1.29 is 39.8 Å². The summed E-state index contributed by atoms with van der Waals surface area (Å²) in [6, 6.07) is -0.724. The van der Waals surface area contributed by atoms with Crippen molar-refractivity contribution in [2.45, 2.75) is 320 Å². The van der Waals surface area contributed by atoms with Crippen LogP contribution in [0.2, 0.25) is 0 Å². The number of allylic oxidation sites excluding steroid dienone is 6. The largest absolute Gasteiger partial charge is 0.394 e. The highest BCUT2D eigenvalue weighted by Gasteiger charge is 2.44. The number of rotatable bonds is 50. The standard InChI is InChI=1S/C59H111NO8/c1-3-5-7-9-11-13-15-17-19-21-23-25-27-29-31-33-35-37-39-41-43-45-47-49-55(63)60-52(51-67-59-58(66)57(65)56(64)54(50-61)68-59)53(62)48-46-44-42-40-38-36-34-32-30-28-26-24-22-20-18-16-14-12-10-8-6-4-2/h15,17,21,23,27,29,52-54,56-59,61-62,64-66H,3-14,16,18-20,22,24-26,28,30-51H2,1-2H3,(H,60,63)/b17-15-,23-21-,29-27-. The monoisotopic (exact) mass is 962 g/mol. The summed E-state index contributed by atoms with van der Waals surface area (Å²) >= 11 is 0. The van der Waals surface area contributed by atoms with Gasteiger partial charge in [0, 0.05) is 6.42 Å². The fourth-order valence-electron chi connectivity index (χ4n) is 9.35. The van der Waals surface area contributed by atoms with E-state index in [-0.39, 0.29) is 12.5 Å². The van der Waals surface area contributed by atoms with Gasteiger partial charge in [0.2, 0.25) is 5.91 Å². The van der Waals surface area contributed by atoms with Crippen LogP contribution in [0.3, 0.4) is 0 Å². The molecule has 0 aromatic rings. The van der Waals surface area contributed by atoms with Gasteiger partial charge in [-0.3, -0.25) is 4.79 Å². The van der Waals surface area contributed by atoms with Crippen molar-refractivity contribution in [2.75, 3.05) is 13.2 Å². The van der Waals surface area contributed by atoms with Crippen molar-refractivity contribution in [3.63, 3.8) is 0 Å². The van der Waals surface area contributed by atoms with E-state index in [1.807, 2.05) is 0 Å². The molecule has 0 aromatic heterocycles. The molecule has 9 heteroatoms. The molecule has 1 aliphatic heterocycles. The molecule has 0 radical (unpaired) electrons. The van der Waals surface area contributed by atoms with E-state index in [2.05, 4.69) is 55.6 Å². The lowest BCUT2D eigenvalue weighted by atomic mass is 9.99. The van der Waals surface area contributed by atoms with Gasteiger partial charge in [-0.2, -0.15) is 0 Å². The Hall–Kier alpha value is -1.59. The molecule has 1 aliphatic rings. The lowest BCUT2D eigenvalue weighted by molar-refractivity contribution is -0.302. The summed E-state index contributed by atoms with van der Waals surface area (Å²) in [4.78, 5) is 13.1. The zero-order chi connectivity index (χ0) is 49.4. The summed E-state index contributed by atoms with van der Waals surface area (Å²) in [7, 11) is 0. The predicted octanol–water partition coefficient (Wildman–Crippen LogP) is 14.4. The van der Waals surface area contributed by atoms with Crippen LogP contribution in [0.15, 0.2) is 36.5 Å². The number of ether oxygens (including phenoxy) is 2. The van der Waals surface area contributed by atoms with Gasteiger partial charge in [-0.25, -0.2) is 0 Å². The van der Waals surface area contributed by atoms with Crippen molar-refractivity contribution in [1.29, 1.82) is 0 Å². The normalized spacial score (nSPS) is 19.8. The summed E-state index contributed by atoms with van der Waals surface area (Å²) in [6.07, 6.45) is 55.9. The Morgan fingerprint density at radius 1 is 0.500 bits per heavy atom.